The van der Waals surface area contributed by atoms with Gasteiger partial charge >= 0.3 is 6.09 Å². The van der Waals surface area contributed by atoms with Crippen molar-refractivity contribution in [1.29, 1.82) is 0 Å². The van der Waals surface area contributed by atoms with Gasteiger partial charge in [0.2, 0.25) is 5.78 Å². The largest absolute Gasteiger partial charge is 0.508 e. The molecule has 2 aromatic carbocycles. The van der Waals surface area contributed by atoms with Gasteiger partial charge in [-0.15, -0.1) is 0 Å². The maximum absolute atomic E-state index is 13.7. The molecule has 2 aromatic rings. The molecule has 0 aliphatic heterocycles. The Bertz CT molecular complexity index is 1560. The number of rotatable bonds is 3. The van der Waals surface area contributed by atoms with Crippen molar-refractivity contribution < 1.29 is 49.4 Å². The highest BCUT2D eigenvalue weighted by Crippen LogP contribution is 2.56. The van der Waals surface area contributed by atoms with E-state index in [1.807, 2.05) is 6.92 Å². The van der Waals surface area contributed by atoms with Gasteiger partial charge in [0, 0.05) is 23.8 Å². The van der Waals surface area contributed by atoms with Crippen LogP contribution in [0, 0.1) is 18.8 Å². The van der Waals surface area contributed by atoms with E-state index in [4.69, 9.17) is 10.5 Å². The molecule has 2 amide bonds. The molecule has 0 aromatic heterocycles. The molecule has 3 aliphatic rings. The summed E-state index contributed by atoms with van der Waals surface area (Å²) in [6.07, 6.45) is -3.24. The van der Waals surface area contributed by atoms with Crippen LogP contribution in [0.5, 0.6) is 11.5 Å². The van der Waals surface area contributed by atoms with Crippen LogP contribution >= 0.6 is 0 Å². The number of anilines is 1. The van der Waals surface area contributed by atoms with Gasteiger partial charge in [0.15, 0.2) is 11.4 Å². The molecule has 5 rings (SSSR count). The van der Waals surface area contributed by atoms with Gasteiger partial charge < -0.3 is 36.0 Å². The Kier molecular flexibility index (Phi) is 6.20. The van der Waals surface area contributed by atoms with Gasteiger partial charge in [-0.25, -0.2) is 4.79 Å². The lowest BCUT2D eigenvalue weighted by Crippen LogP contribution is -2.63. The summed E-state index contributed by atoms with van der Waals surface area (Å²) in [5.74, 6) is -9.51. The third-order valence-electron chi connectivity index (χ3n) is 7.97. The summed E-state index contributed by atoms with van der Waals surface area (Å²) < 4.78 is 5.21. The lowest BCUT2D eigenvalue weighted by Gasteiger charge is -2.50. The first-order valence-corrected chi connectivity index (χ1v) is 12.4. The molecule has 0 heterocycles. The lowest BCUT2D eigenvalue weighted by atomic mass is 9.55. The number of hydrogen-bond acceptors (Lipinski definition) is 10. The monoisotopic (exact) mass is 550 g/mol. The molecule has 3 aliphatic carbocycles. The minimum absolute atomic E-state index is 0.170. The molecule has 1 saturated carbocycles. The van der Waals surface area contributed by atoms with E-state index in [2.05, 4.69) is 5.32 Å². The van der Waals surface area contributed by atoms with E-state index in [0.29, 0.717) is 5.56 Å². The number of benzene rings is 2. The molecule has 8 N–H and O–H groups in total. The van der Waals surface area contributed by atoms with Gasteiger partial charge in [-0.05, 0) is 36.6 Å². The molecule has 12 nitrogen and oxygen atoms in total. The Labute approximate surface area is 227 Å². The maximum Gasteiger partial charge on any atom is 0.417 e. The predicted molar refractivity (Wildman–Crippen MR) is 138 cm³/mol. The smallest absolute Gasteiger partial charge is 0.417 e. The third-order valence-corrected chi connectivity index (χ3v) is 7.97. The number of hydrogen-bond donors (Lipinski definition) is 7. The number of carbonyl (C=O) groups excluding carboxylic acids is 4. The fraction of sp³-hybridized carbons (Fsp3) is 0.286. The summed E-state index contributed by atoms with van der Waals surface area (Å²) in [5.41, 5.74) is 1.59. The van der Waals surface area contributed by atoms with Gasteiger partial charge in [0.05, 0.1) is 17.4 Å². The molecule has 40 heavy (non-hydrogen) atoms. The van der Waals surface area contributed by atoms with E-state index in [9.17, 15) is 44.7 Å². The number of amides is 2. The minimum atomic E-state index is -2.93. The summed E-state index contributed by atoms with van der Waals surface area (Å²) in [7, 11) is 0. The Morgan fingerprint density at radius 2 is 1.73 bits per heavy atom. The van der Waals surface area contributed by atoms with Crippen LogP contribution in [0.15, 0.2) is 53.3 Å². The Balaban J connectivity index is 1.58. The SMILES string of the molecule is Cc1ccc(OC(=O)Nc2ccc3c(c2O)C(O)=C2C(=O)C4(O)C(O)=C(C(N)=O)C(=O)CC4C(O)C2C3C)cc1. The van der Waals surface area contributed by atoms with Crippen LogP contribution in [-0.4, -0.2) is 60.8 Å². The highest BCUT2D eigenvalue weighted by Gasteiger charge is 2.64. The van der Waals surface area contributed by atoms with Gasteiger partial charge in [-0.1, -0.05) is 30.7 Å². The predicted octanol–water partition coefficient (Wildman–Crippen LogP) is 1.88. The van der Waals surface area contributed by atoms with Crippen LogP contribution in [0.25, 0.3) is 5.76 Å². The normalized spacial score (nSPS) is 27.5. The van der Waals surface area contributed by atoms with Gasteiger partial charge in [0.25, 0.3) is 5.91 Å². The molecule has 12 heteroatoms. The summed E-state index contributed by atoms with van der Waals surface area (Å²) in [6.45, 7) is 3.46. The number of phenols is 1. The first-order chi connectivity index (χ1) is 18.8. The van der Waals surface area contributed by atoms with Gasteiger partial charge in [-0.2, -0.15) is 0 Å². The molecule has 5 atom stereocenters. The van der Waals surface area contributed by atoms with Crippen LogP contribution in [0.4, 0.5) is 10.5 Å². The Hall–Kier alpha value is -4.68. The topological polar surface area (TPSA) is 217 Å². The summed E-state index contributed by atoms with van der Waals surface area (Å²) in [5, 5.41) is 58.0. The van der Waals surface area contributed by atoms with E-state index in [1.165, 1.54) is 12.1 Å². The minimum Gasteiger partial charge on any atom is -0.508 e. The van der Waals surface area contributed by atoms with Crippen molar-refractivity contribution >= 4 is 35.0 Å². The van der Waals surface area contributed by atoms with Crippen molar-refractivity contribution in [3.8, 4) is 11.5 Å². The number of phenolic OH excluding ortho intramolecular Hbond substituents is 1. The number of aromatic hydroxyl groups is 1. The maximum atomic E-state index is 13.7. The van der Waals surface area contributed by atoms with Crippen LogP contribution in [0.3, 0.4) is 0 Å². The summed E-state index contributed by atoms with van der Waals surface area (Å²) in [4.78, 5) is 50.5. The molecule has 0 saturated heterocycles. The Morgan fingerprint density at radius 3 is 2.35 bits per heavy atom. The zero-order valence-electron chi connectivity index (χ0n) is 21.3. The number of aliphatic hydroxyl groups excluding tert-OH is 3. The van der Waals surface area contributed by atoms with Crippen LogP contribution in [0.1, 0.15) is 36.0 Å². The number of aryl methyl sites for hydroxylation is 1. The first-order valence-electron chi connectivity index (χ1n) is 12.4. The summed E-state index contributed by atoms with van der Waals surface area (Å²) >= 11 is 0. The highest BCUT2D eigenvalue weighted by atomic mass is 16.6. The van der Waals surface area contributed by atoms with E-state index in [1.54, 1.807) is 31.2 Å². The first kappa shape index (κ1) is 26.9. The van der Waals surface area contributed by atoms with Crippen LogP contribution < -0.4 is 15.8 Å². The van der Waals surface area contributed by atoms with E-state index in [-0.39, 0.29) is 17.0 Å². The number of ketones is 2. The fourth-order valence-electron chi connectivity index (χ4n) is 5.95. The number of nitrogens with two attached hydrogens (primary N) is 1. The number of ether oxygens (including phenoxy) is 1. The van der Waals surface area contributed by atoms with Gasteiger partial charge in [-0.3, -0.25) is 19.7 Å². The van der Waals surface area contributed by atoms with Crippen molar-refractivity contribution in [2.75, 3.05) is 5.32 Å². The molecular weight excluding hydrogens is 524 g/mol. The number of primary amides is 1. The molecule has 0 bridgehead atoms. The van der Waals surface area contributed by atoms with E-state index >= 15 is 0 Å². The van der Waals surface area contributed by atoms with Crippen molar-refractivity contribution in [3.05, 3.63) is 70.0 Å². The van der Waals surface area contributed by atoms with E-state index in [0.717, 1.165) is 5.56 Å². The zero-order valence-corrected chi connectivity index (χ0v) is 21.3. The number of nitrogens with one attached hydrogen (secondary N) is 1. The number of fused-ring (bicyclic) bond motifs is 3. The second kappa shape index (κ2) is 9.21. The average molecular weight is 551 g/mol. The van der Waals surface area contributed by atoms with Crippen molar-refractivity contribution in [3.63, 3.8) is 0 Å². The highest BCUT2D eigenvalue weighted by molar-refractivity contribution is 6.23. The molecule has 5 unspecified atom stereocenters. The average Bonchev–Trinajstić information content (AvgIpc) is 2.89. The molecule has 1 fully saturated rings. The standard InChI is InChI=1S/C28H26N2O10/c1-10-3-5-12(6-4-10)40-27(38)30-15-8-7-13-11(2)17-20(23(34)18(13)22(15)33)25(36)28(39)14(21(17)32)9-16(31)19(24(28)35)26(29)37/h3-8,11,14,17,21,32-35,39H,9H2,1-2H3,(H2,29,37)(H,30,38). The third kappa shape index (κ3) is 3.75. The van der Waals surface area contributed by atoms with Crippen molar-refractivity contribution in [2.24, 2.45) is 17.6 Å². The number of carbonyl (C=O) groups is 4. The molecule has 0 spiro atoms. The fourth-order valence-corrected chi connectivity index (χ4v) is 5.95. The van der Waals surface area contributed by atoms with Crippen LogP contribution in [-0.2, 0) is 14.4 Å². The second-order valence-electron chi connectivity index (χ2n) is 10.2. The zero-order chi connectivity index (χ0) is 29.3. The summed E-state index contributed by atoms with van der Waals surface area (Å²) in [6, 6.07) is 9.44. The molecule has 208 valence electrons. The van der Waals surface area contributed by atoms with E-state index < -0.39 is 87.9 Å². The second-order valence-corrected chi connectivity index (χ2v) is 10.2. The quantitative estimate of drug-likeness (QED) is 0.217. The van der Waals surface area contributed by atoms with Crippen molar-refractivity contribution in [1.82, 2.24) is 0 Å². The molecule has 0 radical (unpaired) electrons. The van der Waals surface area contributed by atoms with Gasteiger partial charge in [0.1, 0.15) is 28.6 Å². The number of aliphatic hydroxyl groups is 4. The molecular formula is C28H26N2O10. The number of Topliss-reactive ketones (excluding diaryl/α,β-unsaturated/α-hetero) is 2. The lowest BCUT2D eigenvalue weighted by molar-refractivity contribution is -0.160. The van der Waals surface area contributed by atoms with Crippen LogP contribution in [0.2, 0.25) is 0 Å². The van der Waals surface area contributed by atoms with Crippen molar-refractivity contribution in [2.45, 2.75) is 37.9 Å². The Morgan fingerprint density at radius 1 is 1.07 bits per heavy atom.